The van der Waals surface area contributed by atoms with E-state index in [0.29, 0.717) is 0 Å². The SMILES string of the molecule is O=C(O)CCCN1C(=O)[C@@H]2[C@@H]3C[C@@H]([C@H]4Sc5[nH]c(=O)sc5[C@H](c5cccnc5)[C@@H]34)[C@@H]2C1=O. The van der Waals surface area contributed by atoms with Crippen molar-refractivity contribution in [2.24, 2.45) is 29.6 Å². The van der Waals surface area contributed by atoms with Crippen molar-refractivity contribution in [1.29, 1.82) is 0 Å². The van der Waals surface area contributed by atoms with Gasteiger partial charge in [0.25, 0.3) is 0 Å². The quantitative estimate of drug-likeness (QED) is 0.641. The fraction of sp³-hybridized carbons (Fsp3) is 0.500. The lowest BCUT2D eigenvalue weighted by Gasteiger charge is -2.42. The zero-order valence-corrected chi connectivity index (χ0v) is 18.6. The minimum absolute atomic E-state index is 0.0196. The van der Waals surface area contributed by atoms with E-state index in [1.165, 1.54) is 16.2 Å². The highest BCUT2D eigenvalue weighted by atomic mass is 32.2. The Bertz CT molecular complexity index is 1180. The topological polar surface area (TPSA) is 120 Å². The first-order valence-electron chi connectivity index (χ1n) is 10.8. The summed E-state index contributed by atoms with van der Waals surface area (Å²) in [5.41, 5.74) is 1.04. The van der Waals surface area contributed by atoms with E-state index in [2.05, 4.69) is 9.97 Å². The molecule has 32 heavy (non-hydrogen) atoms. The second-order valence-electron chi connectivity index (χ2n) is 9.07. The highest BCUT2D eigenvalue weighted by Crippen LogP contribution is 2.68. The number of hydrogen-bond donors (Lipinski definition) is 2. The molecular formula is C22H21N3O5S2. The molecule has 2 N–H and O–H groups in total. The predicted molar refractivity (Wildman–Crippen MR) is 116 cm³/mol. The van der Waals surface area contributed by atoms with Crippen molar-refractivity contribution in [3.05, 3.63) is 44.6 Å². The van der Waals surface area contributed by atoms with Crippen molar-refractivity contribution in [1.82, 2.24) is 14.9 Å². The molecule has 2 aliphatic carbocycles. The number of nitrogens with one attached hydrogen (secondary N) is 1. The van der Waals surface area contributed by atoms with Gasteiger partial charge in [-0.3, -0.25) is 29.1 Å². The van der Waals surface area contributed by atoms with E-state index < -0.39 is 5.97 Å². The van der Waals surface area contributed by atoms with Gasteiger partial charge in [0, 0.05) is 41.4 Å². The van der Waals surface area contributed by atoms with Gasteiger partial charge in [0.05, 0.1) is 16.9 Å². The van der Waals surface area contributed by atoms with E-state index in [-0.39, 0.29) is 76.8 Å². The molecule has 4 aliphatic rings. The van der Waals surface area contributed by atoms with E-state index in [1.807, 2.05) is 18.3 Å². The van der Waals surface area contributed by atoms with Crippen molar-refractivity contribution >= 4 is 40.9 Å². The number of carboxylic acid groups (broad SMARTS) is 1. The summed E-state index contributed by atoms with van der Waals surface area (Å²) in [5.74, 6) is -1.58. The molecule has 2 bridgehead atoms. The molecule has 0 spiro atoms. The fourth-order valence-electron chi connectivity index (χ4n) is 6.62. The molecule has 0 unspecified atom stereocenters. The molecule has 2 aromatic rings. The van der Waals surface area contributed by atoms with E-state index in [9.17, 15) is 19.2 Å². The molecule has 3 fully saturated rings. The molecule has 166 valence electrons. The van der Waals surface area contributed by atoms with Crippen LogP contribution in [0.1, 0.15) is 35.6 Å². The third-order valence-electron chi connectivity index (χ3n) is 7.63. The summed E-state index contributed by atoms with van der Waals surface area (Å²) >= 11 is 2.89. The molecule has 1 saturated heterocycles. The number of nitrogens with zero attached hydrogens (tertiary/aromatic N) is 2. The summed E-state index contributed by atoms with van der Waals surface area (Å²) in [7, 11) is 0. The van der Waals surface area contributed by atoms with Gasteiger partial charge in [-0.15, -0.1) is 11.8 Å². The summed E-state index contributed by atoms with van der Waals surface area (Å²) in [5, 5.41) is 9.95. The Labute approximate surface area is 191 Å². The smallest absolute Gasteiger partial charge is 0.305 e. The van der Waals surface area contributed by atoms with Gasteiger partial charge in [0.1, 0.15) is 0 Å². The average Bonchev–Trinajstić information content (AvgIpc) is 3.49. The summed E-state index contributed by atoms with van der Waals surface area (Å²) in [6, 6.07) is 3.92. The van der Waals surface area contributed by atoms with Crippen molar-refractivity contribution in [3.63, 3.8) is 0 Å². The van der Waals surface area contributed by atoms with Gasteiger partial charge in [0.2, 0.25) is 11.8 Å². The number of fused-ring (bicyclic) bond motifs is 9. The van der Waals surface area contributed by atoms with Crippen LogP contribution in [0.2, 0.25) is 0 Å². The number of H-pyrrole nitrogens is 1. The number of aromatic amines is 1. The maximum Gasteiger partial charge on any atom is 0.305 e. The van der Waals surface area contributed by atoms with Gasteiger partial charge in [-0.1, -0.05) is 17.4 Å². The van der Waals surface area contributed by atoms with Crippen LogP contribution in [-0.2, 0) is 14.4 Å². The molecule has 2 aromatic heterocycles. The Kier molecular flexibility index (Phi) is 4.59. The normalized spacial score (nSPS) is 34.5. The maximum absolute atomic E-state index is 13.3. The summed E-state index contributed by atoms with van der Waals surface area (Å²) in [6.07, 6.45) is 4.63. The molecule has 2 amide bonds. The largest absolute Gasteiger partial charge is 0.481 e. The zero-order valence-electron chi connectivity index (χ0n) is 17.0. The van der Waals surface area contributed by atoms with E-state index >= 15 is 0 Å². The van der Waals surface area contributed by atoms with E-state index in [4.69, 9.17) is 5.11 Å². The van der Waals surface area contributed by atoms with Crippen molar-refractivity contribution in [2.75, 3.05) is 6.54 Å². The Morgan fingerprint density at radius 1 is 1.22 bits per heavy atom. The Balaban J connectivity index is 1.37. The number of carbonyl (C=O) groups excluding carboxylic acids is 2. The van der Waals surface area contributed by atoms with Crippen molar-refractivity contribution in [2.45, 2.75) is 35.5 Å². The molecule has 8 nitrogen and oxygen atoms in total. The van der Waals surface area contributed by atoms with Gasteiger partial charge in [-0.25, -0.2) is 0 Å². The van der Waals surface area contributed by atoms with E-state index in [1.54, 1.807) is 18.0 Å². The number of aromatic nitrogens is 2. The van der Waals surface area contributed by atoms with Gasteiger partial charge in [-0.2, -0.15) is 0 Å². The molecule has 0 aromatic carbocycles. The highest BCUT2D eigenvalue weighted by Gasteiger charge is 2.69. The number of thiazole rings is 1. The number of thioether (sulfide) groups is 1. The molecule has 4 heterocycles. The second kappa shape index (κ2) is 7.28. The predicted octanol–water partition coefficient (Wildman–Crippen LogP) is 2.17. The number of hydrogen-bond acceptors (Lipinski definition) is 7. The minimum Gasteiger partial charge on any atom is -0.481 e. The molecule has 0 radical (unpaired) electrons. The first kappa shape index (κ1) is 20.2. The number of imide groups is 1. The summed E-state index contributed by atoms with van der Waals surface area (Å²) < 4.78 is 0. The molecule has 2 aliphatic heterocycles. The third-order valence-corrected chi connectivity index (χ3v) is 10.2. The lowest BCUT2D eigenvalue weighted by Crippen LogP contribution is -2.42. The monoisotopic (exact) mass is 471 g/mol. The highest BCUT2D eigenvalue weighted by molar-refractivity contribution is 8.00. The Hall–Kier alpha value is -2.46. The number of carboxylic acids is 1. The summed E-state index contributed by atoms with van der Waals surface area (Å²) in [6.45, 7) is 0.172. The van der Waals surface area contributed by atoms with Crippen LogP contribution >= 0.6 is 23.1 Å². The van der Waals surface area contributed by atoms with Crippen LogP contribution in [0.15, 0.2) is 34.3 Å². The molecule has 2 saturated carbocycles. The number of amides is 2. The zero-order chi connectivity index (χ0) is 22.1. The van der Waals surface area contributed by atoms with Crippen LogP contribution in [0, 0.1) is 29.6 Å². The second-order valence-corrected chi connectivity index (χ2v) is 11.3. The number of rotatable bonds is 5. The van der Waals surface area contributed by atoms with Crippen LogP contribution in [0.25, 0.3) is 0 Å². The van der Waals surface area contributed by atoms with Crippen LogP contribution in [0.4, 0.5) is 0 Å². The lowest BCUT2D eigenvalue weighted by atomic mass is 9.68. The number of pyridine rings is 1. The van der Waals surface area contributed by atoms with Crippen LogP contribution in [0.3, 0.4) is 0 Å². The molecule has 10 heteroatoms. The standard InChI is InChI=1S/C22H21N3O5S2/c26-12(27)4-2-6-25-20(28)15-10-7-11(16(15)21(25)29)17-14(10)13(9-3-1-5-23-8-9)18-19(31-17)24-22(30)32-18/h1,3,5,8,10-11,13-17H,2,4,6-7H2,(H,24,30)(H,26,27)/t10-,11-,13-,14-,15-,16+,17-/m1/s1. The van der Waals surface area contributed by atoms with Gasteiger partial charge in [0.15, 0.2) is 0 Å². The number of aliphatic carboxylic acids is 1. The minimum atomic E-state index is -0.925. The van der Waals surface area contributed by atoms with Crippen molar-refractivity contribution in [3.8, 4) is 0 Å². The van der Waals surface area contributed by atoms with Crippen LogP contribution < -0.4 is 4.87 Å². The number of carbonyl (C=O) groups is 3. The lowest BCUT2D eigenvalue weighted by molar-refractivity contribution is -0.142. The van der Waals surface area contributed by atoms with Crippen molar-refractivity contribution < 1.29 is 19.5 Å². The Morgan fingerprint density at radius 2 is 2.00 bits per heavy atom. The third kappa shape index (κ3) is 2.78. The fourth-order valence-corrected chi connectivity index (χ4v) is 9.51. The first-order chi connectivity index (χ1) is 15.5. The Morgan fingerprint density at radius 3 is 2.72 bits per heavy atom. The van der Waals surface area contributed by atoms with Gasteiger partial charge in [-0.05, 0) is 42.2 Å². The van der Waals surface area contributed by atoms with Crippen LogP contribution in [-0.4, -0.2) is 49.6 Å². The van der Waals surface area contributed by atoms with Gasteiger partial charge >= 0.3 is 10.8 Å². The molecular weight excluding hydrogens is 450 g/mol. The maximum atomic E-state index is 13.3. The first-order valence-corrected chi connectivity index (χ1v) is 12.5. The van der Waals surface area contributed by atoms with E-state index in [0.717, 1.165) is 21.9 Å². The summed E-state index contributed by atoms with van der Waals surface area (Å²) in [4.78, 5) is 59.1. The molecule has 6 rings (SSSR count). The van der Waals surface area contributed by atoms with Crippen LogP contribution in [0.5, 0.6) is 0 Å². The molecule has 7 atom stereocenters. The number of likely N-dealkylation sites (tertiary alicyclic amines) is 1. The van der Waals surface area contributed by atoms with Gasteiger partial charge < -0.3 is 10.1 Å². The average molecular weight is 472 g/mol.